The molecule has 0 radical (unpaired) electrons. The quantitative estimate of drug-likeness (QED) is 0.677. The van der Waals surface area contributed by atoms with Gasteiger partial charge in [-0.05, 0) is 51.8 Å². The first-order chi connectivity index (χ1) is 16.6. The van der Waals surface area contributed by atoms with Gasteiger partial charge >= 0.3 is 6.03 Å². The first-order valence-electron chi connectivity index (χ1n) is 12.5. The second kappa shape index (κ2) is 11.7. The summed E-state index contributed by atoms with van der Waals surface area (Å²) in [5.74, 6) is 0.473. The molecule has 3 rings (SSSR count). The molecule has 0 spiro atoms. The van der Waals surface area contributed by atoms with Crippen LogP contribution in [-0.4, -0.2) is 79.7 Å². The van der Waals surface area contributed by atoms with Crippen molar-refractivity contribution in [3.63, 3.8) is 0 Å². The Morgan fingerprint density at radius 2 is 1.89 bits per heavy atom. The van der Waals surface area contributed by atoms with E-state index in [-0.39, 0.29) is 54.5 Å². The van der Waals surface area contributed by atoms with Crippen molar-refractivity contribution in [1.29, 1.82) is 0 Å². The molecule has 1 aromatic carbocycles. The second-order valence-corrected chi connectivity index (χ2v) is 10.2. The van der Waals surface area contributed by atoms with Gasteiger partial charge in [0.2, 0.25) is 5.91 Å². The molecule has 2 aliphatic rings. The molecule has 1 saturated carbocycles. The van der Waals surface area contributed by atoms with Crippen LogP contribution in [0.5, 0.6) is 5.75 Å². The van der Waals surface area contributed by atoms with Crippen LogP contribution in [0.2, 0.25) is 0 Å². The van der Waals surface area contributed by atoms with Gasteiger partial charge in [0.25, 0.3) is 5.91 Å². The predicted molar refractivity (Wildman–Crippen MR) is 135 cm³/mol. The summed E-state index contributed by atoms with van der Waals surface area (Å²) in [5, 5.41) is 5.55. The highest BCUT2D eigenvalue weighted by atomic mass is 16.5. The molecule has 0 bridgehead atoms. The zero-order valence-corrected chi connectivity index (χ0v) is 21.8. The van der Waals surface area contributed by atoms with Gasteiger partial charge in [0.05, 0.1) is 17.7 Å². The van der Waals surface area contributed by atoms with Gasteiger partial charge in [-0.1, -0.05) is 13.3 Å². The van der Waals surface area contributed by atoms with Crippen LogP contribution in [0, 0.1) is 11.8 Å². The monoisotopic (exact) mass is 488 g/mol. The number of carbonyl (C=O) groups is 3. The number of fused-ring (bicyclic) bond motifs is 1. The van der Waals surface area contributed by atoms with Gasteiger partial charge in [0.15, 0.2) is 0 Å². The Bertz CT molecular complexity index is 917. The van der Waals surface area contributed by atoms with Gasteiger partial charge in [-0.2, -0.15) is 0 Å². The van der Waals surface area contributed by atoms with Gasteiger partial charge < -0.3 is 29.9 Å². The molecular formula is C26H40N4O5. The van der Waals surface area contributed by atoms with Crippen LogP contribution >= 0.6 is 0 Å². The molecule has 1 aliphatic carbocycles. The summed E-state index contributed by atoms with van der Waals surface area (Å²) < 4.78 is 11.9. The van der Waals surface area contributed by atoms with E-state index in [1.54, 1.807) is 37.3 Å². The lowest BCUT2D eigenvalue weighted by atomic mass is 9.83. The summed E-state index contributed by atoms with van der Waals surface area (Å²) in [6, 6.07) is 4.50. The maximum absolute atomic E-state index is 13.4. The SMILES string of the molecule is CO[C@H]1CN(C)C(=O)c2cc(NC(=O)NC(C)C)ccc2OC[C@@H](C)N(C(=O)C2CCC2)C[C@@H]1C. The van der Waals surface area contributed by atoms with Crippen molar-refractivity contribution in [2.75, 3.05) is 39.2 Å². The fourth-order valence-corrected chi connectivity index (χ4v) is 4.48. The van der Waals surface area contributed by atoms with E-state index in [1.165, 1.54) is 0 Å². The van der Waals surface area contributed by atoms with Gasteiger partial charge in [-0.15, -0.1) is 0 Å². The number of ether oxygens (including phenoxy) is 2. The first kappa shape index (κ1) is 26.8. The van der Waals surface area contributed by atoms with E-state index in [9.17, 15) is 14.4 Å². The Kier molecular flexibility index (Phi) is 8.99. The fraction of sp³-hybridized carbons (Fsp3) is 0.654. The number of rotatable bonds is 4. The van der Waals surface area contributed by atoms with Gasteiger partial charge in [0.1, 0.15) is 12.4 Å². The molecule has 9 heteroatoms. The van der Waals surface area contributed by atoms with Crippen LogP contribution in [0.25, 0.3) is 0 Å². The van der Waals surface area contributed by atoms with E-state index >= 15 is 0 Å². The summed E-state index contributed by atoms with van der Waals surface area (Å²) in [5.41, 5.74) is 0.841. The Labute approximate surface area is 208 Å². The average molecular weight is 489 g/mol. The average Bonchev–Trinajstić information content (AvgIpc) is 2.76. The Morgan fingerprint density at radius 3 is 2.49 bits per heavy atom. The minimum Gasteiger partial charge on any atom is -0.491 e. The van der Waals surface area contributed by atoms with E-state index in [0.29, 0.717) is 30.1 Å². The van der Waals surface area contributed by atoms with E-state index < -0.39 is 0 Å². The molecule has 0 saturated heterocycles. The van der Waals surface area contributed by atoms with Crippen LogP contribution in [0.3, 0.4) is 0 Å². The molecule has 194 valence electrons. The first-order valence-corrected chi connectivity index (χ1v) is 12.5. The fourth-order valence-electron chi connectivity index (χ4n) is 4.48. The number of urea groups is 1. The van der Waals surface area contributed by atoms with Gasteiger partial charge in [0, 0.05) is 50.8 Å². The van der Waals surface area contributed by atoms with Crippen LogP contribution in [-0.2, 0) is 9.53 Å². The summed E-state index contributed by atoms with van der Waals surface area (Å²) in [7, 11) is 3.36. The number of amides is 4. The zero-order valence-electron chi connectivity index (χ0n) is 21.8. The maximum Gasteiger partial charge on any atom is 0.319 e. The summed E-state index contributed by atoms with van der Waals surface area (Å²) in [6.07, 6.45) is 2.72. The minimum absolute atomic E-state index is 0.0181. The molecule has 3 atom stereocenters. The van der Waals surface area contributed by atoms with Crippen molar-refractivity contribution in [1.82, 2.24) is 15.1 Å². The molecule has 1 heterocycles. The summed E-state index contributed by atoms with van der Waals surface area (Å²) >= 11 is 0. The number of carbonyl (C=O) groups excluding carboxylic acids is 3. The lowest BCUT2D eigenvalue weighted by Crippen LogP contribution is -2.51. The minimum atomic E-state index is -0.345. The van der Waals surface area contributed by atoms with Crippen LogP contribution < -0.4 is 15.4 Å². The number of nitrogens with zero attached hydrogens (tertiary/aromatic N) is 2. The number of nitrogens with one attached hydrogen (secondary N) is 2. The smallest absolute Gasteiger partial charge is 0.319 e. The third kappa shape index (κ3) is 6.66. The predicted octanol–water partition coefficient (Wildman–Crippen LogP) is 3.35. The molecule has 1 aliphatic heterocycles. The number of likely N-dealkylation sites (N-methyl/N-ethyl adjacent to an activating group) is 1. The Balaban J connectivity index is 1.91. The molecule has 2 N–H and O–H groups in total. The largest absolute Gasteiger partial charge is 0.491 e. The van der Waals surface area contributed by atoms with Crippen molar-refractivity contribution in [2.45, 2.75) is 65.1 Å². The number of methoxy groups -OCH3 is 1. The Hall–Kier alpha value is -2.81. The molecule has 9 nitrogen and oxygen atoms in total. The zero-order chi connectivity index (χ0) is 25.7. The molecule has 35 heavy (non-hydrogen) atoms. The molecule has 1 fully saturated rings. The summed E-state index contributed by atoms with van der Waals surface area (Å²) in [6.45, 7) is 8.94. The van der Waals surface area contributed by atoms with Crippen LogP contribution in [0.1, 0.15) is 57.3 Å². The van der Waals surface area contributed by atoms with E-state index in [1.807, 2.05) is 25.7 Å². The van der Waals surface area contributed by atoms with Crippen LogP contribution in [0.4, 0.5) is 10.5 Å². The van der Waals surface area contributed by atoms with Crippen molar-refractivity contribution in [3.05, 3.63) is 23.8 Å². The third-order valence-corrected chi connectivity index (χ3v) is 6.86. The normalized spacial score (nSPS) is 24.0. The molecule has 1 aromatic rings. The lowest BCUT2D eigenvalue weighted by molar-refractivity contribution is -0.142. The number of hydrogen-bond donors (Lipinski definition) is 2. The maximum atomic E-state index is 13.4. The topological polar surface area (TPSA) is 100 Å². The number of hydrogen-bond acceptors (Lipinski definition) is 5. The van der Waals surface area contributed by atoms with Gasteiger partial charge in [-0.3, -0.25) is 9.59 Å². The number of anilines is 1. The van der Waals surface area contributed by atoms with Crippen molar-refractivity contribution in [3.8, 4) is 5.75 Å². The molecule has 0 aromatic heterocycles. The molecule has 0 unspecified atom stereocenters. The molecule has 4 amide bonds. The standard InChI is InChI=1S/C26H40N4O5/c1-16(2)27-26(33)28-20-10-11-22-21(12-20)25(32)29(5)14-23(34-6)17(3)13-30(18(4)15-35-22)24(31)19-8-7-9-19/h10-12,16-19,23H,7-9,13-15H2,1-6H3,(H2,27,28,33)/t17-,18+,23-/m0/s1. The van der Waals surface area contributed by atoms with E-state index in [0.717, 1.165) is 19.3 Å². The van der Waals surface area contributed by atoms with E-state index in [4.69, 9.17) is 9.47 Å². The highest BCUT2D eigenvalue weighted by Gasteiger charge is 2.35. The second-order valence-electron chi connectivity index (χ2n) is 10.2. The van der Waals surface area contributed by atoms with Crippen molar-refractivity contribution >= 4 is 23.5 Å². The summed E-state index contributed by atoms with van der Waals surface area (Å²) in [4.78, 5) is 42.4. The van der Waals surface area contributed by atoms with Gasteiger partial charge in [-0.25, -0.2) is 4.79 Å². The van der Waals surface area contributed by atoms with Crippen molar-refractivity contribution in [2.24, 2.45) is 11.8 Å². The number of benzene rings is 1. The third-order valence-electron chi connectivity index (χ3n) is 6.86. The van der Waals surface area contributed by atoms with E-state index in [2.05, 4.69) is 17.6 Å². The Morgan fingerprint density at radius 1 is 1.17 bits per heavy atom. The molecular weight excluding hydrogens is 448 g/mol. The van der Waals surface area contributed by atoms with Crippen LogP contribution in [0.15, 0.2) is 18.2 Å². The highest BCUT2D eigenvalue weighted by Crippen LogP contribution is 2.31. The highest BCUT2D eigenvalue weighted by molar-refractivity contribution is 5.99. The van der Waals surface area contributed by atoms with Crippen molar-refractivity contribution < 1.29 is 23.9 Å². The lowest BCUT2D eigenvalue weighted by Gasteiger charge is -2.39.